The third kappa shape index (κ3) is 4.90. The summed E-state index contributed by atoms with van der Waals surface area (Å²) >= 11 is 0. The molecule has 1 aromatic heterocycles. The molecule has 1 heterocycles. The molecule has 0 aliphatic carbocycles. The van der Waals surface area contributed by atoms with Crippen molar-refractivity contribution >= 4 is 17.9 Å². The molecule has 3 aromatic rings. The van der Waals surface area contributed by atoms with Crippen LogP contribution < -0.4 is 4.74 Å². The van der Waals surface area contributed by atoms with Crippen molar-refractivity contribution in [1.82, 2.24) is 0 Å². The van der Waals surface area contributed by atoms with Gasteiger partial charge in [0.2, 0.25) is 0 Å². The first-order valence-corrected chi connectivity index (χ1v) is 8.68. The highest BCUT2D eigenvalue weighted by molar-refractivity contribution is 5.91. The highest BCUT2D eigenvalue weighted by atomic mass is 16.5. The summed E-state index contributed by atoms with van der Waals surface area (Å²) in [5.74, 6) is -0.808. The zero-order chi connectivity index (χ0) is 20.8. The van der Waals surface area contributed by atoms with Crippen molar-refractivity contribution in [2.75, 3.05) is 7.11 Å². The quantitative estimate of drug-likeness (QED) is 0.461. The minimum atomic E-state index is -0.561. The van der Waals surface area contributed by atoms with Gasteiger partial charge < -0.3 is 18.6 Å². The molecule has 0 saturated heterocycles. The molecule has 0 radical (unpaired) electrons. The Kier molecular flexibility index (Phi) is 6.09. The molecule has 7 heteroatoms. The second-order valence-corrected chi connectivity index (χ2v) is 6.02. The number of furan rings is 1. The van der Waals surface area contributed by atoms with Crippen molar-refractivity contribution in [2.24, 2.45) is 0 Å². The van der Waals surface area contributed by atoms with Crippen molar-refractivity contribution in [2.45, 2.75) is 13.5 Å². The van der Waals surface area contributed by atoms with Crippen LogP contribution in [0.1, 0.15) is 33.4 Å². The van der Waals surface area contributed by atoms with E-state index in [9.17, 15) is 14.4 Å². The van der Waals surface area contributed by atoms with E-state index in [4.69, 9.17) is 13.9 Å². The number of hydrogen-bond donors (Lipinski definition) is 0. The Hall–Kier alpha value is -3.87. The largest absolute Gasteiger partial charge is 0.465 e. The number of carbonyl (C=O) groups is 3. The average molecular weight is 394 g/mol. The predicted octanol–water partition coefficient (Wildman–Crippen LogP) is 4.02. The Morgan fingerprint density at radius 1 is 0.862 bits per heavy atom. The van der Waals surface area contributed by atoms with Crippen molar-refractivity contribution < 1.29 is 33.0 Å². The Morgan fingerprint density at radius 3 is 2.07 bits per heavy atom. The van der Waals surface area contributed by atoms with Crippen LogP contribution in [0.3, 0.4) is 0 Å². The summed E-state index contributed by atoms with van der Waals surface area (Å²) in [6.45, 7) is 1.16. The maximum absolute atomic E-state index is 12.3. The Morgan fingerprint density at radius 2 is 1.48 bits per heavy atom. The van der Waals surface area contributed by atoms with Gasteiger partial charge in [-0.15, -0.1) is 0 Å². The van der Waals surface area contributed by atoms with E-state index in [2.05, 4.69) is 4.74 Å². The van der Waals surface area contributed by atoms with Gasteiger partial charge in [-0.05, 0) is 41.5 Å². The van der Waals surface area contributed by atoms with Gasteiger partial charge in [0.25, 0.3) is 0 Å². The normalized spacial score (nSPS) is 10.3. The number of carbonyl (C=O) groups excluding carboxylic acids is 3. The van der Waals surface area contributed by atoms with E-state index in [1.807, 2.05) is 12.1 Å². The average Bonchev–Trinajstić information content (AvgIpc) is 3.20. The SMILES string of the molecule is COC(=O)c1ccoc1COC(=O)c1ccc(-c2ccc(OC(C)=O)cc2)cc1. The lowest BCUT2D eigenvalue weighted by Gasteiger charge is -2.07. The number of ether oxygens (including phenoxy) is 3. The van der Waals surface area contributed by atoms with Crippen LogP contribution in [0.2, 0.25) is 0 Å². The Labute approximate surface area is 166 Å². The number of methoxy groups -OCH3 is 1. The second-order valence-electron chi connectivity index (χ2n) is 6.02. The molecule has 0 N–H and O–H groups in total. The molecule has 0 aliphatic rings. The summed E-state index contributed by atoms with van der Waals surface area (Å²) in [5, 5.41) is 0. The monoisotopic (exact) mass is 394 g/mol. The lowest BCUT2D eigenvalue weighted by molar-refractivity contribution is -0.131. The summed E-state index contributed by atoms with van der Waals surface area (Å²) in [5.41, 5.74) is 2.36. The van der Waals surface area contributed by atoms with Gasteiger partial charge in [0.15, 0.2) is 12.4 Å². The third-order valence-electron chi connectivity index (χ3n) is 4.05. The highest BCUT2D eigenvalue weighted by Crippen LogP contribution is 2.23. The first-order valence-electron chi connectivity index (χ1n) is 8.68. The van der Waals surface area contributed by atoms with E-state index in [-0.39, 0.29) is 23.9 Å². The molecule has 3 rings (SSSR count). The number of hydrogen-bond acceptors (Lipinski definition) is 7. The van der Waals surface area contributed by atoms with Crippen LogP contribution >= 0.6 is 0 Å². The molecule has 29 heavy (non-hydrogen) atoms. The zero-order valence-electron chi connectivity index (χ0n) is 15.8. The van der Waals surface area contributed by atoms with E-state index in [0.29, 0.717) is 11.3 Å². The fourth-order valence-corrected chi connectivity index (χ4v) is 2.64. The fraction of sp³-hybridized carbons (Fsp3) is 0.136. The van der Waals surface area contributed by atoms with Crippen LogP contribution in [0.15, 0.2) is 65.3 Å². The molecule has 0 amide bonds. The van der Waals surface area contributed by atoms with Crippen LogP contribution in [-0.2, 0) is 20.9 Å². The van der Waals surface area contributed by atoms with Crippen LogP contribution in [-0.4, -0.2) is 25.0 Å². The van der Waals surface area contributed by atoms with Gasteiger partial charge in [0, 0.05) is 6.92 Å². The van der Waals surface area contributed by atoms with Crippen molar-refractivity contribution in [3.8, 4) is 16.9 Å². The molecule has 2 aromatic carbocycles. The summed E-state index contributed by atoms with van der Waals surface area (Å²) in [6, 6.07) is 15.3. The van der Waals surface area contributed by atoms with Crippen LogP contribution in [0.25, 0.3) is 11.1 Å². The summed E-state index contributed by atoms with van der Waals surface area (Å²) < 4.78 is 20.0. The molecule has 0 saturated carbocycles. The summed E-state index contributed by atoms with van der Waals surface area (Å²) in [4.78, 5) is 34.8. The van der Waals surface area contributed by atoms with E-state index < -0.39 is 11.9 Å². The Bertz CT molecular complexity index is 1010. The van der Waals surface area contributed by atoms with Gasteiger partial charge in [-0.2, -0.15) is 0 Å². The van der Waals surface area contributed by atoms with E-state index in [1.54, 1.807) is 36.4 Å². The smallest absolute Gasteiger partial charge is 0.341 e. The number of benzene rings is 2. The van der Waals surface area contributed by atoms with Crippen molar-refractivity contribution in [3.63, 3.8) is 0 Å². The molecule has 7 nitrogen and oxygen atoms in total. The number of esters is 3. The molecule has 0 fully saturated rings. The Balaban J connectivity index is 1.64. The van der Waals surface area contributed by atoms with Crippen LogP contribution in [0, 0.1) is 0 Å². The fourth-order valence-electron chi connectivity index (χ4n) is 2.64. The van der Waals surface area contributed by atoms with Gasteiger partial charge >= 0.3 is 17.9 Å². The first kappa shape index (κ1) is 19.9. The van der Waals surface area contributed by atoms with Gasteiger partial charge in [-0.3, -0.25) is 4.79 Å². The lowest BCUT2D eigenvalue weighted by atomic mass is 10.0. The van der Waals surface area contributed by atoms with Crippen molar-refractivity contribution in [1.29, 1.82) is 0 Å². The van der Waals surface area contributed by atoms with Gasteiger partial charge in [-0.1, -0.05) is 24.3 Å². The van der Waals surface area contributed by atoms with Crippen LogP contribution in [0.5, 0.6) is 5.75 Å². The van der Waals surface area contributed by atoms with Crippen LogP contribution in [0.4, 0.5) is 0 Å². The number of rotatable bonds is 6. The first-order chi connectivity index (χ1) is 14.0. The van der Waals surface area contributed by atoms with Crippen molar-refractivity contribution in [3.05, 3.63) is 77.7 Å². The zero-order valence-corrected chi connectivity index (χ0v) is 15.8. The summed E-state index contributed by atoms with van der Waals surface area (Å²) in [6.07, 6.45) is 1.33. The molecule has 0 aliphatic heterocycles. The van der Waals surface area contributed by atoms with Gasteiger partial charge in [-0.25, -0.2) is 9.59 Å². The van der Waals surface area contributed by atoms with Gasteiger partial charge in [0.05, 0.1) is 18.9 Å². The molecule has 0 spiro atoms. The molecule has 148 valence electrons. The maximum Gasteiger partial charge on any atom is 0.341 e. The highest BCUT2D eigenvalue weighted by Gasteiger charge is 2.17. The van der Waals surface area contributed by atoms with E-state index >= 15 is 0 Å². The molecule has 0 unspecified atom stereocenters. The topological polar surface area (TPSA) is 92.0 Å². The lowest BCUT2D eigenvalue weighted by Crippen LogP contribution is -2.08. The molecular formula is C22H18O7. The van der Waals surface area contributed by atoms with E-state index in [0.717, 1.165) is 11.1 Å². The molecular weight excluding hydrogens is 376 g/mol. The predicted molar refractivity (Wildman–Crippen MR) is 102 cm³/mol. The standard InChI is InChI=1S/C22H18O7/c1-14(23)29-18-9-7-16(8-10-18)15-3-5-17(6-4-15)21(24)28-13-20-19(11-12-27-20)22(25)26-2/h3-12H,13H2,1-2H3. The second kappa shape index (κ2) is 8.88. The third-order valence-corrected chi connectivity index (χ3v) is 4.05. The van der Waals surface area contributed by atoms with Gasteiger partial charge in [0.1, 0.15) is 11.3 Å². The van der Waals surface area contributed by atoms with E-state index in [1.165, 1.54) is 26.4 Å². The molecule has 0 atom stereocenters. The minimum Gasteiger partial charge on any atom is -0.465 e. The molecule has 0 bridgehead atoms. The minimum absolute atomic E-state index is 0.185. The maximum atomic E-state index is 12.3. The summed E-state index contributed by atoms with van der Waals surface area (Å²) in [7, 11) is 1.26.